The average molecular weight is 460 g/mol. The minimum absolute atomic E-state index is 0.254. The Labute approximate surface area is 200 Å². The van der Waals surface area contributed by atoms with Crippen LogP contribution in [0.5, 0.6) is 5.75 Å². The summed E-state index contributed by atoms with van der Waals surface area (Å²) in [7, 11) is 1.59. The summed E-state index contributed by atoms with van der Waals surface area (Å²) in [5, 5.41) is 6.48. The number of rotatable bonds is 6. The smallest absolute Gasteiger partial charge is 0.185 e. The fourth-order valence-electron chi connectivity index (χ4n) is 4.35. The predicted molar refractivity (Wildman–Crippen MR) is 133 cm³/mol. The Morgan fingerprint density at radius 2 is 1.89 bits per heavy atom. The van der Waals surface area contributed by atoms with Crippen molar-refractivity contribution in [2.45, 2.75) is 6.54 Å². The third-order valence-corrected chi connectivity index (χ3v) is 6.06. The van der Waals surface area contributed by atoms with Gasteiger partial charge in [-0.3, -0.25) is 9.48 Å². The van der Waals surface area contributed by atoms with Gasteiger partial charge in [-0.15, -0.1) is 0 Å². The molecule has 6 aromatic rings. The molecular weight excluding hydrogens is 440 g/mol. The van der Waals surface area contributed by atoms with Gasteiger partial charge in [0.15, 0.2) is 12.0 Å². The van der Waals surface area contributed by atoms with E-state index < -0.39 is 0 Å². The van der Waals surface area contributed by atoms with Crippen molar-refractivity contribution in [3.63, 3.8) is 0 Å². The molecule has 0 unspecified atom stereocenters. The lowest BCUT2D eigenvalue weighted by atomic mass is 10.0. The maximum Gasteiger partial charge on any atom is 0.185 e. The number of carbonyl (C=O) groups excluding carboxylic acids is 1. The number of nitrogens with zero attached hydrogens (tertiary/aromatic N) is 4. The average Bonchev–Trinajstić information content (AvgIpc) is 3.55. The standard InChI is InChI=1S/C28H20N4O3/c1-34-27-13-24-22(12-23(27)26-10-8-21(16-33)35-26)28(30-17-29-24)19-7-9-25-20(11-19)14-31-32(25)15-18-5-3-2-4-6-18/h2-14,16-17H,15H2,1H3. The zero-order chi connectivity index (χ0) is 23.8. The molecule has 0 N–H and O–H groups in total. The SMILES string of the molecule is COc1cc2ncnc(-c3ccc4c(cnn4Cc4ccccc4)c3)c2cc1-c1ccc(C=O)o1. The Kier molecular flexibility index (Phi) is 5.07. The highest BCUT2D eigenvalue weighted by atomic mass is 16.5. The Hall–Kier alpha value is -4.78. The first-order chi connectivity index (χ1) is 17.2. The highest BCUT2D eigenvalue weighted by Crippen LogP contribution is 2.37. The van der Waals surface area contributed by atoms with Crippen LogP contribution in [0.4, 0.5) is 0 Å². The number of hydrogen-bond acceptors (Lipinski definition) is 6. The van der Waals surface area contributed by atoms with Crippen molar-refractivity contribution in [1.29, 1.82) is 0 Å². The van der Waals surface area contributed by atoms with Gasteiger partial charge in [0.25, 0.3) is 0 Å². The Balaban J connectivity index is 1.45. The summed E-state index contributed by atoms with van der Waals surface area (Å²) in [6, 6.07) is 23.7. The summed E-state index contributed by atoms with van der Waals surface area (Å²) in [5.74, 6) is 1.40. The number of benzene rings is 3. The largest absolute Gasteiger partial charge is 0.496 e. The summed E-state index contributed by atoms with van der Waals surface area (Å²) in [6.45, 7) is 0.704. The summed E-state index contributed by atoms with van der Waals surface area (Å²) in [6.07, 6.45) is 4.11. The second kappa shape index (κ2) is 8.53. The molecule has 35 heavy (non-hydrogen) atoms. The molecule has 7 heteroatoms. The van der Waals surface area contributed by atoms with Gasteiger partial charge in [-0.2, -0.15) is 5.10 Å². The van der Waals surface area contributed by atoms with E-state index in [4.69, 9.17) is 9.15 Å². The predicted octanol–water partition coefficient (Wildman–Crippen LogP) is 5.78. The Morgan fingerprint density at radius 3 is 2.69 bits per heavy atom. The zero-order valence-corrected chi connectivity index (χ0v) is 18.9. The number of aldehydes is 1. The first-order valence-corrected chi connectivity index (χ1v) is 11.1. The van der Waals surface area contributed by atoms with Crippen LogP contribution in [0.2, 0.25) is 0 Å². The third kappa shape index (κ3) is 3.73. The molecule has 6 rings (SSSR count). The van der Waals surface area contributed by atoms with Gasteiger partial charge < -0.3 is 9.15 Å². The second-order valence-electron chi connectivity index (χ2n) is 8.17. The number of furan rings is 1. The lowest BCUT2D eigenvalue weighted by molar-refractivity contribution is 0.110. The number of fused-ring (bicyclic) bond motifs is 2. The van der Waals surface area contributed by atoms with E-state index in [0.29, 0.717) is 24.3 Å². The highest BCUT2D eigenvalue weighted by molar-refractivity contribution is 5.98. The van der Waals surface area contributed by atoms with Crippen LogP contribution in [0.3, 0.4) is 0 Å². The number of methoxy groups -OCH3 is 1. The van der Waals surface area contributed by atoms with Crippen LogP contribution in [-0.4, -0.2) is 33.1 Å². The van der Waals surface area contributed by atoms with Crippen molar-refractivity contribution in [3.05, 3.63) is 96.6 Å². The Bertz CT molecular complexity index is 1690. The molecule has 0 radical (unpaired) electrons. The third-order valence-electron chi connectivity index (χ3n) is 6.06. The van der Waals surface area contributed by atoms with E-state index in [0.717, 1.165) is 38.6 Å². The minimum Gasteiger partial charge on any atom is -0.496 e. The maximum absolute atomic E-state index is 11.1. The summed E-state index contributed by atoms with van der Waals surface area (Å²) >= 11 is 0. The number of carbonyl (C=O) groups is 1. The molecule has 3 aromatic carbocycles. The summed E-state index contributed by atoms with van der Waals surface area (Å²) in [5.41, 5.74) is 5.46. The van der Waals surface area contributed by atoms with Crippen molar-refractivity contribution >= 4 is 28.1 Å². The molecule has 3 aromatic heterocycles. The van der Waals surface area contributed by atoms with E-state index in [2.05, 4.69) is 45.4 Å². The lowest BCUT2D eigenvalue weighted by Gasteiger charge is -2.11. The molecule has 0 saturated heterocycles. The van der Waals surface area contributed by atoms with Crippen LogP contribution in [0.15, 0.2) is 89.7 Å². The quantitative estimate of drug-likeness (QED) is 0.293. The van der Waals surface area contributed by atoms with Crippen molar-refractivity contribution < 1.29 is 13.9 Å². The fourth-order valence-corrected chi connectivity index (χ4v) is 4.35. The van der Waals surface area contributed by atoms with E-state index >= 15 is 0 Å². The van der Waals surface area contributed by atoms with Crippen LogP contribution in [0.1, 0.15) is 16.1 Å². The highest BCUT2D eigenvalue weighted by Gasteiger charge is 2.16. The first-order valence-electron chi connectivity index (χ1n) is 11.1. The van der Waals surface area contributed by atoms with E-state index in [9.17, 15) is 4.79 Å². The normalized spacial score (nSPS) is 11.2. The van der Waals surface area contributed by atoms with Crippen LogP contribution in [0, 0.1) is 0 Å². The van der Waals surface area contributed by atoms with Crippen molar-refractivity contribution in [2.24, 2.45) is 0 Å². The molecule has 0 aliphatic heterocycles. The van der Waals surface area contributed by atoms with Crippen LogP contribution in [-0.2, 0) is 6.54 Å². The van der Waals surface area contributed by atoms with Gasteiger partial charge in [-0.1, -0.05) is 36.4 Å². The summed E-state index contributed by atoms with van der Waals surface area (Å²) < 4.78 is 13.2. The molecule has 0 bridgehead atoms. The molecule has 7 nitrogen and oxygen atoms in total. The molecule has 0 spiro atoms. The first kappa shape index (κ1) is 20.8. The van der Waals surface area contributed by atoms with Gasteiger partial charge in [0.05, 0.1) is 42.1 Å². The topological polar surface area (TPSA) is 83.0 Å². The van der Waals surface area contributed by atoms with Crippen molar-refractivity contribution in [1.82, 2.24) is 19.7 Å². The van der Waals surface area contributed by atoms with Gasteiger partial charge in [-0.05, 0) is 35.9 Å². The monoisotopic (exact) mass is 460 g/mol. The van der Waals surface area contributed by atoms with E-state index in [1.54, 1.807) is 25.6 Å². The van der Waals surface area contributed by atoms with E-state index in [1.165, 1.54) is 5.56 Å². The van der Waals surface area contributed by atoms with Crippen LogP contribution >= 0.6 is 0 Å². The van der Waals surface area contributed by atoms with Gasteiger partial charge in [-0.25, -0.2) is 9.97 Å². The Morgan fingerprint density at radius 1 is 1.00 bits per heavy atom. The van der Waals surface area contributed by atoms with E-state index in [1.807, 2.05) is 41.2 Å². The molecular formula is C28H20N4O3. The molecule has 0 amide bonds. The molecule has 170 valence electrons. The lowest BCUT2D eigenvalue weighted by Crippen LogP contribution is -2.00. The van der Waals surface area contributed by atoms with Crippen molar-refractivity contribution in [3.8, 4) is 28.3 Å². The number of hydrogen-bond donors (Lipinski definition) is 0. The molecule has 0 saturated carbocycles. The maximum atomic E-state index is 11.1. The van der Waals surface area contributed by atoms with E-state index in [-0.39, 0.29) is 5.76 Å². The van der Waals surface area contributed by atoms with Gasteiger partial charge in [0.1, 0.15) is 17.8 Å². The number of aromatic nitrogens is 4. The van der Waals surface area contributed by atoms with Gasteiger partial charge in [0.2, 0.25) is 0 Å². The number of ether oxygens (including phenoxy) is 1. The van der Waals surface area contributed by atoms with Crippen molar-refractivity contribution in [2.75, 3.05) is 7.11 Å². The molecule has 0 aliphatic carbocycles. The van der Waals surface area contributed by atoms with Crippen LogP contribution < -0.4 is 4.74 Å². The molecule has 0 aliphatic rings. The van der Waals surface area contributed by atoms with Crippen LogP contribution in [0.25, 0.3) is 44.4 Å². The molecule has 3 heterocycles. The second-order valence-corrected chi connectivity index (χ2v) is 8.17. The molecule has 0 atom stereocenters. The zero-order valence-electron chi connectivity index (χ0n) is 18.9. The minimum atomic E-state index is 0.254. The summed E-state index contributed by atoms with van der Waals surface area (Å²) in [4.78, 5) is 20.2. The van der Waals surface area contributed by atoms with Gasteiger partial charge in [0, 0.05) is 22.4 Å². The van der Waals surface area contributed by atoms with Gasteiger partial charge >= 0.3 is 0 Å². The fraction of sp³-hybridized carbons (Fsp3) is 0.0714. The molecule has 0 fully saturated rings.